The Balaban J connectivity index is 3.10. The highest BCUT2D eigenvalue weighted by Crippen LogP contribution is 2.19. The van der Waals surface area contributed by atoms with Gasteiger partial charge in [-0.15, -0.1) is 0 Å². The molecule has 0 saturated carbocycles. The Morgan fingerprint density at radius 3 is 2.43 bits per heavy atom. The summed E-state index contributed by atoms with van der Waals surface area (Å²) in [7, 11) is -3.46. The van der Waals surface area contributed by atoms with Crippen molar-refractivity contribution in [3.8, 4) is 0 Å². The van der Waals surface area contributed by atoms with Crippen LogP contribution in [-0.4, -0.2) is 49.6 Å². The molecular weight excluding hydrogens is 296 g/mol. The molecule has 0 saturated heterocycles. The molecule has 0 radical (unpaired) electrons. The molecule has 1 aromatic rings. The molecule has 0 bridgehead atoms. The van der Waals surface area contributed by atoms with Crippen molar-refractivity contribution in [2.24, 2.45) is 0 Å². The maximum absolute atomic E-state index is 12.2. The molecule has 7 nitrogen and oxygen atoms in total. The van der Waals surface area contributed by atoms with Crippen LogP contribution in [0.2, 0.25) is 0 Å². The van der Waals surface area contributed by atoms with Gasteiger partial charge in [0.2, 0.25) is 10.0 Å². The van der Waals surface area contributed by atoms with E-state index in [0.29, 0.717) is 11.3 Å². The lowest BCUT2D eigenvalue weighted by atomic mass is 10.1. The van der Waals surface area contributed by atoms with Gasteiger partial charge in [-0.1, -0.05) is 6.07 Å². The van der Waals surface area contributed by atoms with Gasteiger partial charge in [0.25, 0.3) is 5.91 Å². The summed E-state index contributed by atoms with van der Waals surface area (Å²) in [6.07, 6.45) is 1.02. The number of aryl methyl sites for hydroxylation is 1. The Morgan fingerprint density at radius 2 is 1.95 bits per heavy atom. The van der Waals surface area contributed by atoms with Gasteiger partial charge in [-0.2, -0.15) is 0 Å². The normalized spacial score (nSPS) is 11.0. The van der Waals surface area contributed by atoms with Crippen LogP contribution in [0.15, 0.2) is 18.2 Å². The standard InChI is InChI=1S/C13H18N2O5S/c1-4-15(8-12(16)17)13(18)10-6-5-9(2)11(7-10)14-21(3,19)20/h5-7,14H,4,8H2,1-3H3,(H,16,17). The van der Waals surface area contributed by atoms with Gasteiger partial charge in [-0.3, -0.25) is 14.3 Å². The Kier molecular flexibility index (Phi) is 5.31. The van der Waals surface area contributed by atoms with Crippen LogP contribution >= 0.6 is 0 Å². The Hall–Kier alpha value is -2.09. The molecule has 0 aliphatic carbocycles. The second kappa shape index (κ2) is 6.57. The first-order valence-electron chi connectivity index (χ1n) is 6.23. The molecule has 21 heavy (non-hydrogen) atoms. The topological polar surface area (TPSA) is 104 Å². The number of nitrogens with zero attached hydrogens (tertiary/aromatic N) is 1. The van der Waals surface area contributed by atoms with Crippen LogP contribution in [0.25, 0.3) is 0 Å². The number of rotatable bonds is 6. The van der Waals surface area contributed by atoms with Crippen LogP contribution in [0, 0.1) is 6.92 Å². The van der Waals surface area contributed by atoms with Gasteiger partial charge in [-0.25, -0.2) is 8.42 Å². The second-order valence-electron chi connectivity index (χ2n) is 4.62. The predicted octanol–water partition coefficient (Wildman–Crippen LogP) is 0.913. The van der Waals surface area contributed by atoms with Crippen molar-refractivity contribution in [3.63, 3.8) is 0 Å². The number of hydrogen-bond donors (Lipinski definition) is 2. The number of nitrogens with one attached hydrogen (secondary N) is 1. The van der Waals surface area contributed by atoms with E-state index in [-0.39, 0.29) is 12.1 Å². The molecule has 1 rings (SSSR count). The molecule has 2 N–H and O–H groups in total. The van der Waals surface area contributed by atoms with Crippen LogP contribution in [0.1, 0.15) is 22.8 Å². The van der Waals surface area contributed by atoms with Crippen LogP contribution in [0.5, 0.6) is 0 Å². The van der Waals surface area contributed by atoms with E-state index in [0.717, 1.165) is 11.2 Å². The van der Waals surface area contributed by atoms with E-state index in [4.69, 9.17) is 5.11 Å². The van der Waals surface area contributed by atoms with Gasteiger partial charge < -0.3 is 10.0 Å². The smallest absolute Gasteiger partial charge is 0.323 e. The van der Waals surface area contributed by atoms with Crippen molar-refractivity contribution in [1.82, 2.24) is 4.90 Å². The van der Waals surface area contributed by atoms with E-state index in [1.54, 1.807) is 19.9 Å². The predicted molar refractivity (Wildman–Crippen MR) is 78.9 cm³/mol. The minimum atomic E-state index is -3.46. The lowest BCUT2D eigenvalue weighted by molar-refractivity contribution is -0.137. The molecule has 0 aliphatic heterocycles. The van der Waals surface area contributed by atoms with E-state index in [9.17, 15) is 18.0 Å². The van der Waals surface area contributed by atoms with Crippen molar-refractivity contribution < 1.29 is 23.1 Å². The maximum atomic E-state index is 12.2. The van der Waals surface area contributed by atoms with Gasteiger partial charge in [0, 0.05) is 12.1 Å². The Bertz CT molecular complexity index is 655. The molecule has 0 fully saturated rings. The number of hydrogen-bond acceptors (Lipinski definition) is 4. The zero-order valence-electron chi connectivity index (χ0n) is 12.1. The van der Waals surface area contributed by atoms with Crippen LogP contribution < -0.4 is 4.72 Å². The number of amides is 1. The van der Waals surface area contributed by atoms with E-state index in [2.05, 4.69) is 4.72 Å². The second-order valence-corrected chi connectivity index (χ2v) is 6.37. The number of benzene rings is 1. The average molecular weight is 314 g/mol. The first-order chi connectivity index (χ1) is 9.64. The summed E-state index contributed by atoms with van der Waals surface area (Å²) >= 11 is 0. The van der Waals surface area contributed by atoms with Crippen LogP contribution in [0.3, 0.4) is 0 Å². The fourth-order valence-corrected chi connectivity index (χ4v) is 2.36. The number of aliphatic carboxylic acids is 1. The monoisotopic (exact) mass is 314 g/mol. The highest BCUT2D eigenvalue weighted by Gasteiger charge is 2.18. The third kappa shape index (κ3) is 5.07. The molecule has 1 amide bonds. The zero-order chi connectivity index (χ0) is 16.2. The summed E-state index contributed by atoms with van der Waals surface area (Å²) in [5.41, 5.74) is 1.20. The minimum absolute atomic E-state index is 0.231. The van der Waals surface area contributed by atoms with Crippen LogP contribution in [-0.2, 0) is 14.8 Å². The van der Waals surface area contributed by atoms with Gasteiger partial charge in [0.05, 0.1) is 11.9 Å². The number of carboxylic acids is 1. The molecule has 8 heteroatoms. The molecule has 1 aromatic carbocycles. The zero-order valence-corrected chi connectivity index (χ0v) is 12.9. The number of carbonyl (C=O) groups excluding carboxylic acids is 1. The number of carbonyl (C=O) groups is 2. The van der Waals surface area contributed by atoms with Gasteiger partial charge in [0.1, 0.15) is 6.54 Å². The molecule has 0 aromatic heterocycles. The summed E-state index contributed by atoms with van der Waals surface area (Å²) in [4.78, 5) is 24.1. The van der Waals surface area contributed by atoms with Crippen molar-refractivity contribution in [2.45, 2.75) is 13.8 Å². The number of likely N-dealkylation sites (N-methyl/N-ethyl adjacent to an activating group) is 1. The summed E-state index contributed by atoms with van der Waals surface area (Å²) in [5, 5.41) is 8.78. The fraction of sp³-hybridized carbons (Fsp3) is 0.385. The molecule has 0 aliphatic rings. The highest BCUT2D eigenvalue weighted by atomic mass is 32.2. The Labute approximate surface area is 123 Å². The fourth-order valence-electron chi connectivity index (χ4n) is 1.74. The largest absolute Gasteiger partial charge is 0.480 e. The quantitative estimate of drug-likeness (QED) is 0.812. The Morgan fingerprint density at radius 1 is 1.33 bits per heavy atom. The van der Waals surface area contributed by atoms with E-state index < -0.39 is 28.4 Å². The first kappa shape index (κ1) is 17.0. The van der Waals surface area contributed by atoms with Gasteiger partial charge in [-0.05, 0) is 31.5 Å². The molecule has 0 unspecified atom stereocenters. The van der Waals surface area contributed by atoms with Crippen molar-refractivity contribution in [2.75, 3.05) is 24.1 Å². The SMILES string of the molecule is CCN(CC(=O)O)C(=O)c1ccc(C)c(NS(C)(=O)=O)c1. The van der Waals surface area contributed by atoms with Gasteiger partial charge >= 0.3 is 5.97 Å². The van der Waals surface area contributed by atoms with E-state index in [1.165, 1.54) is 12.1 Å². The third-order valence-electron chi connectivity index (χ3n) is 2.77. The van der Waals surface area contributed by atoms with Crippen molar-refractivity contribution in [1.29, 1.82) is 0 Å². The lowest BCUT2D eigenvalue weighted by Crippen LogP contribution is -2.35. The van der Waals surface area contributed by atoms with E-state index in [1.807, 2.05) is 0 Å². The summed E-state index contributed by atoms with van der Waals surface area (Å²) in [5.74, 6) is -1.57. The van der Waals surface area contributed by atoms with Crippen LogP contribution in [0.4, 0.5) is 5.69 Å². The summed E-state index contributed by atoms with van der Waals surface area (Å²) in [6.45, 7) is 3.22. The molecule has 0 heterocycles. The van der Waals surface area contributed by atoms with Crippen molar-refractivity contribution >= 4 is 27.6 Å². The number of sulfonamides is 1. The van der Waals surface area contributed by atoms with E-state index >= 15 is 0 Å². The molecule has 0 spiro atoms. The molecule has 116 valence electrons. The number of carboxylic acid groups (broad SMARTS) is 1. The first-order valence-corrected chi connectivity index (χ1v) is 8.12. The summed E-state index contributed by atoms with van der Waals surface area (Å²) < 4.78 is 24.9. The number of anilines is 1. The molecule has 0 atom stereocenters. The third-order valence-corrected chi connectivity index (χ3v) is 3.37. The maximum Gasteiger partial charge on any atom is 0.323 e. The highest BCUT2D eigenvalue weighted by molar-refractivity contribution is 7.92. The van der Waals surface area contributed by atoms with Gasteiger partial charge in [0.15, 0.2) is 0 Å². The minimum Gasteiger partial charge on any atom is -0.480 e. The lowest BCUT2D eigenvalue weighted by Gasteiger charge is -2.19. The molecular formula is C13H18N2O5S. The van der Waals surface area contributed by atoms with Crippen molar-refractivity contribution in [3.05, 3.63) is 29.3 Å². The average Bonchev–Trinajstić information content (AvgIpc) is 2.36. The summed E-state index contributed by atoms with van der Waals surface area (Å²) in [6, 6.07) is 4.55.